The van der Waals surface area contributed by atoms with Crippen LogP contribution in [-0.2, 0) is 4.74 Å². The first-order chi connectivity index (χ1) is 7.81. The van der Waals surface area contributed by atoms with Gasteiger partial charge in [-0.2, -0.15) is 0 Å². The summed E-state index contributed by atoms with van der Waals surface area (Å²) in [6.45, 7) is 0. The van der Waals surface area contributed by atoms with Gasteiger partial charge in [0.2, 0.25) is 0 Å². The average molecular weight is 213 g/mol. The van der Waals surface area contributed by atoms with E-state index in [0.717, 1.165) is 11.1 Å². The summed E-state index contributed by atoms with van der Waals surface area (Å²) in [7, 11) is 1.36. The molecule has 0 radical (unpaired) electrons. The van der Waals surface area contributed by atoms with E-state index >= 15 is 0 Å². The molecule has 1 heterocycles. The van der Waals surface area contributed by atoms with Gasteiger partial charge >= 0.3 is 5.97 Å². The third-order valence-corrected chi connectivity index (χ3v) is 2.27. The molecule has 0 N–H and O–H groups in total. The van der Waals surface area contributed by atoms with E-state index in [4.69, 9.17) is 0 Å². The van der Waals surface area contributed by atoms with Gasteiger partial charge in [-0.05, 0) is 11.6 Å². The molecule has 0 saturated heterocycles. The van der Waals surface area contributed by atoms with E-state index in [2.05, 4.69) is 9.72 Å². The molecule has 3 heteroatoms. The highest BCUT2D eigenvalue weighted by Gasteiger charge is 2.06. The maximum Gasteiger partial charge on any atom is 0.339 e. The molecule has 1 aromatic carbocycles. The van der Waals surface area contributed by atoms with Crippen molar-refractivity contribution in [2.75, 3.05) is 7.11 Å². The van der Waals surface area contributed by atoms with Crippen LogP contribution in [0.25, 0.3) is 11.1 Å². The first kappa shape index (κ1) is 10.4. The minimum absolute atomic E-state index is 0.370. The fraction of sp³-hybridized carbons (Fsp3) is 0.0769. The lowest BCUT2D eigenvalue weighted by molar-refractivity contribution is 0.0600. The average Bonchev–Trinajstić information content (AvgIpc) is 2.39. The Labute approximate surface area is 93.7 Å². The Balaban J connectivity index is 2.40. The first-order valence-corrected chi connectivity index (χ1v) is 4.90. The zero-order chi connectivity index (χ0) is 11.4. The Bertz CT molecular complexity index is 494. The smallest absolute Gasteiger partial charge is 0.339 e. The molecular weight excluding hydrogens is 202 g/mol. The Hall–Kier alpha value is -2.16. The van der Waals surface area contributed by atoms with Crippen molar-refractivity contribution in [2.45, 2.75) is 0 Å². The van der Waals surface area contributed by atoms with E-state index in [9.17, 15) is 4.79 Å². The van der Waals surface area contributed by atoms with Gasteiger partial charge in [-0.15, -0.1) is 0 Å². The monoisotopic (exact) mass is 213 g/mol. The van der Waals surface area contributed by atoms with Gasteiger partial charge < -0.3 is 4.74 Å². The fourth-order valence-electron chi connectivity index (χ4n) is 1.46. The van der Waals surface area contributed by atoms with E-state index in [1.54, 1.807) is 12.3 Å². The molecule has 0 saturated carbocycles. The standard InChI is InChI=1S/C13H11NO2/c1-16-13(15)12-7-11(8-14-9-12)10-5-3-2-4-6-10/h2-9H,1H3. The normalized spacial score (nSPS) is 9.81. The van der Waals surface area contributed by atoms with Gasteiger partial charge in [-0.3, -0.25) is 4.98 Å². The van der Waals surface area contributed by atoms with Crippen LogP contribution in [0.4, 0.5) is 0 Å². The maximum absolute atomic E-state index is 11.3. The lowest BCUT2D eigenvalue weighted by Gasteiger charge is -2.03. The Morgan fingerprint density at radius 1 is 1.12 bits per heavy atom. The van der Waals surface area contributed by atoms with Gasteiger partial charge in [0.1, 0.15) is 0 Å². The van der Waals surface area contributed by atoms with Gasteiger partial charge in [-0.1, -0.05) is 30.3 Å². The number of methoxy groups -OCH3 is 1. The summed E-state index contributed by atoms with van der Waals surface area (Å²) in [5.41, 5.74) is 2.40. The summed E-state index contributed by atoms with van der Waals surface area (Å²) in [6, 6.07) is 11.5. The number of ether oxygens (including phenoxy) is 1. The van der Waals surface area contributed by atoms with Crippen molar-refractivity contribution in [1.29, 1.82) is 0 Å². The minimum Gasteiger partial charge on any atom is -0.465 e. The molecule has 0 aliphatic heterocycles. The maximum atomic E-state index is 11.3. The highest BCUT2D eigenvalue weighted by Crippen LogP contribution is 2.18. The Kier molecular flexibility index (Phi) is 2.96. The molecule has 0 atom stereocenters. The minimum atomic E-state index is -0.370. The summed E-state index contributed by atoms with van der Waals surface area (Å²) >= 11 is 0. The van der Waals surface area contributed by atoms with Crippen LogP contribution < -0.4 is 0 Å². The number of rotatable bonds is 2. The summed E-state index contributed by atoms with van der Waals surface area (Å²) in [5.74, 6) is -0.370. The first-order valence-electron chi connectivity index (χ1n) is 4.90. The van der Waals surface area contributed by atoms with E-state index in [1.807, 2.05) is 30.3 Å². The molecule has 1 aromatic heterocycles. The van der Waals surface area contributed by atoms with E-state index < -0.39 is 0 Å². The summed E-state index contributed by atoms with van der Waals surface area (Å²) in [4.78, 5) is 15.4. The number of pyridine rings is 1. The third-order valence-electron chi connectivity index (χ3n) is 2.27. The molecule has 0 aliphatic carbocycles. The molecule has 0 amide bonds. The SMILES string of the molecule is COC(=O)c1cncc(-c2ccccc2)c1. The molecule has 0 fully saturated rings. The van der Waals surface area contributed by atoms with E-state index in [-0.39, 0.29) is 5.97 Å². The topological polar surface area (TPSA) is 39.2 Å². The van der Waals surface area contributed by atoms with Gasteiger partial charge in [0.25, 0.3) is 0 Å². The molecular formula is C13H11NO2. The molecule has 2 rings (SSSR count). The summed E-state index contributed by atoms with van der Waals surface area (Å²) in [5, 5.41) is 0. The van der Waals surface area contributed by atoms with Gasteiger partial charge in [-0.25, -0.2) is 4.79 Å². The van der Waals surface area contributed by atoms with Crippen molar-refractivity contribution in [3.05, 3.63) is 54.4 Å². The van der Waals surface area contributed by atoms with Crippen LogP contribution in [0.1, 0.15) is 10.4 Å². The number of nitrogens with zero attached hydrogens (tertiary/aromatic N) is 1. The fourth-order valence-corrected chi connectivity index (χ4v) is 1.46. The second-order valence-corrected chi connectivity index (χ2v) is 3.32. The highest BCUT2D eigenvalue weighted by atomic mass is 16.5. The Morgan fingerprint density at radius 2 is 1.88 bits per heavy atom. The largest absolute Gasteiger partial charge is 0.465 e. The molecule has 16 heavy (non-hydrogen) atoms. The van der Waals surface area contributed by atoms with Gasteiger partial charge in [0, 0.05) is 18.0 Å². The van der Waals surface area contributed by atoms with Crippen molar-refractivity contribution < 1.29 is 9.53 Å². The number of hydrogen-bond acceptors (Lipinski definition) is 3. The van der Waals surface area contributed by atoms with Crippen molar-refractivity contribution in [3.63, 3.8) is 0 Å². The lowest BCUT2D eigenvalue weighted by atomic mass is 10.1. The highest BCUT2D eigenvalue weighted by molar-refractivity contribution is 5.90. The van der Waals surface area contributed by atoms with Crippen LogP contribution in [0, 0.1) is 0 Å². The van der Waals surface area contributed by atoms with Crippen molar-refractivity contribution >= 4 is 5.97 Å². The predicted octanol–water partition coefficient (Wildman–Crippen LogP) is 2.54. The molecule has 0 spiro atoms. The van der Waals surface area contributed by atoms with Crippen LogP contribution >= 0.6 is 0 Å². The van der Waals surface area contributed by atoms with Crippen LogP contribution in [-0.4, -0.2) is 18.1 Å². The lowest BCUT2D eigenvalue weighted by Crippen LogP contribution is -2.01. The van der Waals surface area contributed by atoms with E-state index in [1.165, 1.54) is 13.3 Å². The molecule has 0 aliphatic rings. The van der Waals surface area contributed by atoms with Crippen LogP contribution in [0.3, 0.4) is 0 Å². The molecule has 0 unspecified atom stereocenters. The summed E-state index contributed by atoms with van der Waals surface area (Å²) in [6.07, 6.45) is 3.22. The molecule has 0 bridgehead atoms. The number of esters is 1. The number of carbonyl (C=O) groups is 1. The quantitative estimate of drug-likeness (QED) is 0.719. The number of aromatic nitrogens is 1. The molecule has 80 valence electrons. The Morgan fingerprint density at radius 3 is 2.56 bits per heavy atom. The number of carbonyl (C=O) groups excluding carboxylic acids is 1. The molecule has 3 nitrogen and oxygen atoms in total. The zero-order valence-corrected chi connectivity index (χ0v) is 8.88. The van der Waals surface area contributed by atoms with Crippen LogP contribution in [0.15, 0.2) is 48.8 Å². The number of hydrogen-bond donors (Lipinski definition) is 0. The van der Waals surface area contributed by atoms with Gasteiger partial charge in [0.05, 0.1) is 12.7 Å². The summed E-state index contributed by atoms with van der Waals surface area (Å²) < 4.78 is 4.65. The third kappa shape index (κ3) is 2.08. The zero-order valence-electron chi connectivity index (χ0n) is 8.88. The van der Waals surface area contributed by atoms with Crippen molar-refractivity contribution in [2.24, 2.45) is 0 Å². The molecule has 2 aromatic rings. The second-order valence-electron chi connectivity index (χ2n) is 3.32. The van der Waals surface area contributed by atoms with E-state index in [0.29, 0.717) is 5.56 Å². The number of benzene rings is 1. The van der Waals surface area contributed by atoms with Crippen molar-refractivity contribution in [1.82, 2.24) is 4.98 Å². The van der Waals surface area contributed by atoms with Crippen LogP contribution in [0.5, 0.6) is 0 Å². The van der Waals surface area contributed by atoms with Crippen molar-refractivity contribution in [3.8, 4) is 11.1 Å². The predicted molar refractivity (Wildman–Crippen MR) is 61.0 cm³/mol. The van der Waals surface area contributed by atoms with Crippen LogP contribution in [0.2, 0.25) is 0 Å². The second kappa shape index (κ2) is 4.57. The van der Waals surface area contributed by atoms with Gasteiger partial charge in [0.15, 0.2) is 0 Å².